The first-order valence-electron chi connectivity index (χ1n) is 11.4. The first kappa shape index (κ1) is 25.1. The zero-order chi connectivity index (χ0) is 20.8. The second-order valence-corrected chi connectivity index (χ2v) is 8.58. The molecule has 0 heterocycles. The maximum atomic E-state index is 12.0. The van der Waals surface area contributed by atoms with Crippen LogP contribution < -0.4 is 5.32 Å². The molecule has 0 aromatic carbocycles. The minimum absolute atomic E-state index is 0.0947. The zero-order valence-electron chi connectivity index (χ0n) is 18.6. The molecular weight excluding hydrogens is 354 g/mol. The second kappa shape index (κ2) is 15.0. The van der Waals surface area contributed by atoms with Gasteiger partial charge in [0.25, 0.3) is 0 Å². The molecule has 0 radical (unpaired) electrons. The number of ether oxygens (including phenoxy) is 2. The largest absolute Gasteiger partial charge is 0.385 e. The van der Waals surface area contributed by atoms with E-state index >= 15 is 0 Å². The number of nitrogens with one attached hydrogen (secondary N) is 1. The first-order valence-corrected chi connectivity index (χ1v) is 11.4. The summed E-state index contributed by atoms with van der Waals surface area (Å²) < 4.78 is 10.2. The van der Waals surface area contributed by atoms with Crippen LogP contribution in [0.25, 0.3) is 0 Å². The summed E-state index contributed by atoms with van der Waals surface area (Å²) in [4.78, 5) is 24.1. The molecule has 5 heteroatoms. The molecule has 2 aliphatic rings. The van der Waals surface area contributed by atoms with Gasteiger partial charge in [-0.25, -0.2) is 0 Å². The summed E-state index contributed by atoms with van der Waals surface area (Å²) in [6.45, 7) is 8.08. The van der Waals surface area contributed by atoms with E-state index in [1.54, 1.807) is 7.11 Å². The van der Waals surface area contributed by atoms with Crippen LogP contribution in [0.5, 0.6) is 0 Å². The number of ketones is 1. The Morgan fingerprint density at radius 2 is 1.61 bits per heavy atom. The van der Waals surface area contributed by atoms with Crippen LogP contribution in [0, 0.1) is 17.8 Å². The van der Waals surface area contributed by atoms with Crippen molar-refractivity contribution in [2.45, 2.75) is 91.0 Å². The van der Waals surface area contributed by atoms with Gasteiger partial charge in [0.2, 0.25) is 5.91 Å². The third kappa shape index (κ3) is 10.6. The van der Waals surface area contributed by atoms with E-state index in [0.717, 1.165) is 38.9 Å². The highest BCUT2D eigenvalue weighted by Crippen LogP contribution is 2.27. The highest BCUT2D eigenvalue weighted by molar-refractivity contribution is 5.83. The number of hydrogen-bond acceptors (Lipinski definition) is 4. The molecule has 0 aromatic rings. The number of rotatable bonds is 9. The normalized spacial score (nSPS) is 23.0. The molecule has 1 N–H and O–H groups in total. The maximum Gasteiger partial charge on any atom is 0.222 e. The van der Waals surface area contributed by atoms with Gasteiger partial charge >= 0.3 is 0 Å². The number of carbonyl (C=O) groups is 2. The standard InChI is InChI=1S/C20H35NO3.C3H8O/c1-15(2)20(23)17-8-10-18(11-9-17)21-19(22)12-13-24-14-16-6-4-3-5-7-16;1-3-4-2/h15-18H,3-14H2,1-2H3,(H,21,22);3H2,1-2H3. The highest BCUT2D eigenvalue weighted by atomic mass is 16.5. The van der Waals surface area contributed by atoms with Crippen molar-refractivity contribution in [3.63, 3.8) is 0 Å². The lowest BCUT2D eigenvalue weighted by molar-refractivity contribution is -0.127. The molecule has 2 rings (SSSR count). The van der Waals surface area contributed by atoms with Crippen LogP contribution in [0.15, 0.2) is 0 Å². The van der Waals surface area contributed by atoms with E-state index in [4.69, 9.17) is 4.74 Å². The maximum absolute atomic E-state index is 12.0. The van der Waals surface area contributed by atoms with Gasteiger partial charge in [-0.05, 0) is 51.4 Å². The van der Waals surface area contributed by atoms with Gasteiger partial charge in [0.15, 0.2) is 0 Å². The van der Waals surface area contributed by atoms with Gasteiger partial charge in [-0.2, -0.15) is 0 Å². The Morgan fingerprint density at radius 1 is 1.00 bits per heavy atom. The molecule has 0 unspecified atom stereocenters. The topological polar surface area (TPSA) is 64.6 Å². The minimum atomic E-state index is 0.0947. The second-order valence-electron chi connectivity index (χ2n) is 8.58. The zero-order valence-corrected chi connectivity index (χ0v) is 18.6. The average molecular weight is 398 g/mol. The fourth-order valence-electron chi connectivity index (χ4n) is 4.06. The molecule has 28 heavy (non-hydrogen) atoms. The Bertz CT molecular complexity index is 422. The molecule has 1 amide bonds. The Hall–Kier alpha value is -0.940. The average Bonchev–Trinajstić information content (AvgIpc) is 2.72. The Morgan fingerprint density at radius 3 is 2.14 bits per heavy atom. The number of hydrogen-bond donors (Lipinski definition) is 1. The Kier molecular flexibility index (Phi) is 13.4. The summed E-state index contributed by atoms with van der Waals surface area (Å²) in [6.07, 6.45) is 10.7. The molecule has 5 nitrogen and oxygen atoms in total. The molecule has 2 aliphatic carbocycles. The van der Waals surface area contributed by atoms with Crippen molar-refractivity contribution in [3.8, 4) is 0 Å². The summed E-state index contributed by atoms with van der Waals surface area (Å²) in [5.41, 5.74) is 0. The van der Waals surface area contributed by atoms with Crippen molar-refractivity contribution in [1.82, 2.24) is 5.32 Å². The predicted molar refractivity (Wildman–Crippen MR) is 113 cm³/mol. The van der Waals surface area contributed by atoms with Crippen LogP contribution in [-0.4, -0.2) is 44.7 Å². The SMILES string of the molecule is CC(C)C(=O)C1CCC(NC(=O)CCOCC2CCCCC2)CC1.CCOC. The lowest BCUT2D eigenvalue weighted by Gasteiger charge is -2.29. The van der Waals surface area contributed by atoms with Gasteiger partial charge < -0.3 is 14.8 Å². The lowest BCUT2D eigenvalue weighted by atomic mass is 9.80. The molecule has 2 saturated carbocycles. The summed E-state index contributed by atoms with van der Waals surface area (Å²) in [5.74, 6) is 1.52. The van der Waals surface area contributed by atoms with Crippen LogP contribution in [0.1, 0.15) is 85.0 Å². The van der Waals surface area contributed by atoms with E-state index in [9.17, 15) is 9.59 Å². The fourth-order valence-corrected chi connectivity index (χ4v) is 4.06. The van der Waals surface area contributed by atoms with Gasteiger partial charge in [-0.15, -0.1) is 0 Å². The third-order valence-corrected chi connectivity index (χ3v) is 5.90. The van der Waals surface area contributed by atoms with Crippen LogP contribution in [0.2, 0.25) is 0 Å². The van der Waals surface area contributed by atoms with E-state index < -0.39 is 0 Å². The monoisotopic (exact) mass is 397 g/mol. The Labute approximate surface area is 172 Å². The summed E-state index contributed by atoms with van der Waals surface area (Å²) in [5, 5.41) is 3.12. The summed E-state index contributed by atoms with van der Waals surface area (Å²) in [7, 11) is 1.68. The van der Waals surface area contributed by atoms with E-state index in [2.05, 4.69) is 10.1 Å². The lowest BCUT2D eigenvalue weighted by Crippen LogP contribution is -2.39. The minimum Gasteiger partial charge on any atom is -0.385 e. The number of methoxy groups -OCH3 is 1. The van der Waals surface area contributed by atoms with Crippen LogP contribution >= 0.6 is 0 Å². The van der Waals surface area contributed by atoms with Crippen molar-refractivity contribution in [3.05, 3.63) is 0 Å². The highest BCUT2D eigenvalue weighted by Gasteiger charge is 2.28. The number of Topliss-reactive ketones (excluding diaryl/α,β-unsaturated/α-hetero) is 1. The number of carbonyl (C=O) groups excluding carboxylic acids is 2. The smallest absolute Gasteiger partial charge is 0.222 e. The summed E-state index contributed by atoms with van der Waals surface area (Å²) in [6, 6.07) is 0.243. The van der Waals surface area contributed by atoms with Crippen molar-refractivity contribution >= 4 is 11.7 Å². The van der Waals surface area contributed by atoms with E-state index in [-0.39, 0.29) is 23.8 Å². The van der Waals surface area contributed by atoms with Crippen molar-refractivity contribution in [2.75, 3.05) is 26.9 Å². The molecule has 0 atom stereocenters. The molecule has 0 aromatic heterocycles. The molecule has 2 fully saturated rings. The molecule has 0 bridgehead atoms. The Balaban J connectivity index is 0.000000892. The predicted octanol–water partition coefficient (Wildman–Crippen LogP) is 4.53. The van der Waals surface area contributed by atoms with Crippen LogP contribution in [-0.2, 0) is 19.1 Å². The van der Waals surface area contributed by atoms with Crippen molar-refractivity contribution in [1.29, 1.82) is 0 Å². The van der Waals surface area contributed by atoms with Gasteiger partial charge in [0, 0.05) is 44.6 Å². The quantitative estimate of drug-likeness (QED) is 0.581. The number of amides is 1. The van der Waals surface area contributed by atoms with Crippen LogP contribution in [0.4, 0.5) is 0 Å². The fraction of sp³-hybridized carbons (Fsp3) is 0.913. The van der Waals surface area contributed by atoms with Gasteiger partial charge in [-0.3, -0.25) is 9.59 Å². The van der Waals surface area contributed by atoms with Gasteiger partial charge in [0.1, 0.15) is 5.78 Å². The molecular formula is C23H43NO4. The van der Waals surface area contributed by atoms with E-state index in [1.807, 2.05) is 20.8 Å². The van der Waals surface area contributed by atoms with Crippen molar-refractivity contribution < 1.29 is 19.1 Å². The summed E-state index contributed by atoms with van der Waals surface area (Å²) >= 11 is 0. The molecule has 164 valence electrons. The van der Waals surface area contributed by atoms with Crippen molar-refractivity contribution in [2.24, 2.45) is 17.8 Å². The third-order valence-electron chi connectivity index (χ3n) is 5.90. The van der Waals surface area contributed by atoms with Gasteiger partial charge in [0.05, 0.1) is 6.61 Å². The molecule has 0 saturated heterocycles. The van der Waals surface area contributed by atoms with E-state index in [1.165, 1.54) is 32.1 Å². The first-order chi connectivity index (χ1) is 13.5. The molecule has 0 spiro atoms. The van der Waals surface area contributed by atoms with Gasteiger partial charge in [-0.1, -0.05) is 33.1 Å². The van der Waals surface area contributed by atoms with E-state index in [0.29, 0.717) is 24.7 Å². The molecule has 0 aliphatic heterocycles. The van der Waals surface area contributed by atoms with Crippen LogP contribution in [0.3, 0.4) is 0 Å².